The van der Waals surface area contributed by atoms with Crippen molar-refractivity contribution in [3.05, 3.63) is 59.4 Å². The van der Waals surface area contributed by atoms with Crippen molar-refractivity contribution in [1.82, 2.24) is 0 Å². The number of ether oxygens (including phenoxy) is 2. The number of amides is 1. The zero-order chi connectivity index (χ0) is 18.4. The third-order valence-electron chi connectivity index (χ3n) is 3.34. The molecular weight excluding hydrogens is 325 g/mol. The molecule has 0 bridgehead atoms. The van der Waals surface area contributed by atoms with Gasteiger partial charge in [0.05, 0.1) is 0 Å². The number of aryl methyl sites for hydroxylation is 2. The molecule has 0 spiro atoms. The third kappa shape index (κ3) is 5.91. The highest BCUT2D eigenvalue weighted by Gasteiger charge is 2.18. The Bertz CT molecular complexity index is 738. The number of nitrogens with one attached hydrogen (secondary N) is 1. The number of esters is 1. The van der Waals surface area contributed by atoms with Crippen LogP contribution in [-0.4, -0.2) is 24.6 Å². The molecule has 0 aromatic heterocycles. The number of hydrogen-bond donors (Lipinski definition) is 1. The largest absolute Gasteiger partial charge is 0.482 e. The molecule has 5 nitrogen and oxygen atoms in total. The van der Waals surface area contributed by atoms with Crippen molar-refractivity contribution in [2.45, 2.75) is 26.9 Å². The van der Waals surface area contributed by atoms with Crippen LogP contribution in [0.4, 0.5) is 10.1 Å². The molecule has 2 aromatic carbocycles. The van der Waals surface area contributed by atoms with Crippen molar-refractivity contribution in [2.75, 3.05) is 11.9 Å². The van der Waals surface area contributed by atoms with Crippen LogP contribution in [-0.2, 0) is 14.3 Å². The number of benzene rings is 2. The molecule has 0 saturated heterocycles. The van der Waals surface area contributed by atoms with Crippen molar-refractivity contribution in [3.8, 4) is 5.75 Å². The highest BCUT2D eigenvalue weighted by molar-refractivity contribution is 5.95. The summed E-state index contributed by atoms with van der Waals surface area (Å²) >= 11 is 0. The highest BCUT2D eigenvalue weighted by Crippen LogP contribution is 2.16. The quantitative estimate of drug-likeness (QED) is 0.815. The van der Waals surface area contributed by atoms with Gasteiger partial charge in [-0.1, -0.05) is 6.07 Å². The van der Waals surface area contributed by atoms with Gasteiger partial charge in [-0.15, -0.1) is 0 Å². The average Bonchev–Trinajstić information content (AvgIpc) is 2.54. The van der Waals surface area contributed by atoms with Crippen molar-refractivity contribution in [3.63, 3.8) is 0 Å². The predicted octanol–water partition coefficient (Wildman–Crippen LogP) is 3.39. The molecule has 1 atom stereocenters. The molecule has 0 saturated carbocycles. The highest BCUT2D eigenvalue weighted by atomic mass is 19.1. The van der Waals surface area contributed by atoms with E-state index in [4.69, 9.17) is 9.47 Å². The van der Waals surface area contributed by atoms with Crippen LogP contribution in [0.15, 0.2) is 42.5 Å². The van der Waals surface area contributed by atoms with Crippen LogP contribution >= 0.6 is 0 Å². The summed E-state index contributed by atoms with van der Waals surface area (Å²) in [6, 6.07) is 10.9. The van der Waals surface area contributed by atoms with Gasteiger partial charge < -0.3 is 14.8 Å². The Kier molecular flexibility index (Phi) is 6.11. The molecule has 25 heavy (non-hydrogen) atoms. The second-order valence-electron chi connectivity index (χ2n) is 5.74. The van der Waals surface area contributed by atoms with Gasteiger partial charge >= 0.3 is 5.97 Å². The summed E-state index contributed by atoms with van der Waals surface area (Å²) in [5.41, 5.74) is 2.46. The van der Waals surface area contributed by atoms with Gasteiger partial charge in [-0.05, 0) is 68.3 Å². The summed E-state index contributed by atoms with van der Waals surface area (Å²) in [4.78, 5) is 23.8. The van der Waals surface area contributed by atoms with Gasteiger partial charge in [0, 0.05) is 5.69 Å². The molecule has 6 heteroatoms. The van der Waals surface area contributed by atoms with E-state index in [0.717, 1.165) is 11.1 Å². The molecule has 0 aliphatic heterocycles. The molecule has 0 heterocycles. The van der Waals surface area contributed by atoms with E-state index in [-0.39, 0.29) is 6.61 Å². The van der Waals surface area contributed by atoms with Crippen molar-refractivity contribution < 1.29 is 23.5 Å². The van der Waals surface area contributed by atoms with E-state index in [9.17, 15) is 14.0 Å². The minimum atomic E-state index is -1.000. The van der Waals surface area contributed by atoms with Crippen LogP contribution in [0.1, 0.15) is 18.1 Å². The van der Waals surface area contributed by atoms with E-state index >= 15 is 0 Å². The van der Waals surface area contributed by atoms with Gasteiger partial charge in [-0.25, -0.2) is 9.18 Å². The molecule has 1 N–H and O–H groups in total. The first kappa shape index (κ1) is 18.4. The Labute approximate surface area is 145 Å². The van der Waals surface area contributed by atoms with Crippen LogP contribution in [0.2, 0.25) is 0 Å². The molecule has 0 aliphatic rings. The minimum Gasteiger partial charge on any atom is -0.482 e. The topological polar surface area (TPSA) is 64.6 Å². The van der Waals surface area contributed by atoms with Crippen LogP contribution < -0.4 is 10.1 Å². The maximum Gasteiger partial charge on any atom is 0.344 e. The van der Waals surface area contributed by atoms with Crippen LogP contribution in [0.5, 0.6) is 5.75 Å². The Hall–Kier alpha value is -2.89. The van der Waals surface area contributed by atoms with Gasteiger partial charge in [0.1, 0.15) is 11.6 Å². The minimum absolute atomic E-state index is 0.295. The number of carbonyl (C=O) groups is 2. The van der Waals surface area contributed by atoms with Crippen molar-refractivity contribution >= 4 is 17.6 Å². The smallest absolute Gasteiger partial charge is 0.344 e. The molecule has 2 rings (SSSR count). The van der Waals surface area contributed by atoms with Crippen LogP contribution in [0, 0.1) is 19.7 Å². The van der Waals surface area contributed by atoms with Crippen molar-refractivity contribution in [1.29, 1.82) is 0 Å². The number of hydrogen-bond acceptors (Lipinski definition) is 4. The summed E-state index contributed by atoms with van der Waals surface area (Å²) in [5.74, 6) is -0.994. The zero-order valence-electron chi connectivity index (χ0n) is 14.3. The number of anilines is 1. The second-order valence-corrected chi connectivity index (χ2v) is 5.74. The summed E-state index contributed by atoms with van der Waals surface area (Å²) < 4.78 is 23.3. The standard InChI is InChI=1S/C19H20FNO4/c1-12-8-13(2)10-17(9-12)24-11-18(22)25-14(3)19(23)21-16-6-4-15(20)5-7-16/h4-10,14H,11H2,1-3H3,(H,21,23)/t14-/m0/s1. The van der Waals surface area contributed by atoms with Crippen LogP contribution in [0.25, 0.3) is 0 Å². The SMILES string of the molecule is Cc1cc(C)cc(OCC(=O)O[C@@H](C)C(=O)Nc2ccc(F)cc2)c1. The fourth-order valence-corrected chi connectivity index (χ4v) is 2.22. The lowest BCUT2D eigenvalue weighted by atomic mass is 10.1. The predicted molar refractivity (Wildman–Crippen MR) is 92.0 cm³/mol. The average molecular weight is 345 g/mol. The summed E-state index contributed by atoms with van der Waals surface area (Å²) in [6.45, 7) is 5.02. The molecule has 0 radical (unpaired) electrons. The van der Waals surface area contributed by atoms with Gasteiger partial charge in [-0.3, -0.25) is 4.79 Å². The summed E-state index contributed by atoms with van der Waals surface area (Å²) in [5, 5.41) is 2.54. The van der Waals surface area contributed by atoms with E-state index in [1.54, 1.807) is 0 Å². The van der Waals surface area contributed by atoms with E-state index in [1.807, 2.05) is 32.0 Å². The van der Waals surface area contributed by atoms with E-state index < -0.39 is 23.8 Å². The van der Waals surface area contributed by atoms with Gasteiger partial charge in [0.25, 0.3) is 5.91 Å². The molecule has 0 fully saturated rings. The molecule has 0 aliphatic carbocycles. The number of halogens is 1. The summed E-state index contributed by atoms with van der Waals surface area (Å²) in [7, 11) is 0. The molecule has 2 aromatic rings. The molecule has 1 amide bonds. The Morgan fingerprint density at radius 3 is 2.28 bits per heavy atom. The fourth-order valence-electron chi connectivity index (χ4n) is 2.22. The lowest BCUT2D eigenvalue weighted by Crippen LogP contribution is -2.31. The number of carbonyl (C=O) groups excluding carboxylic acids is 2. The zero-order valence-corrected chi connectivity index (χ0v) is 14.3. The first-order valence-corrected chi connectivity index (χ1v) is 7.80. The van der Waals surface area contributed by atoms with Crippen LogP contribution in [0.3, 0.4) is 0 Å². The second kappa shape index (κ2) is 8.28. The van der Waals surface area contributed by atoms with Gasteiger partial charge in [0.2, 0.25) is 0 Å². The lowest BCUT2D eigenvalue weighted by Gasteiger charge is -2.14. The first-order valence-electron chi connectivity index (χ1n) is 7.80. The lowest BCUT2D eigenvalue weighted by molar-refractivity contribution is -0.155. The maximum atomic E-state index is 12.8. The summed E-state index contributed by atoms with van der Waals surface area (Å²) in [6.07, 6.45) is -1.000. The molecule has 132 valence electrons. The third-order valence-corrected chi connectivity index (χ3v) is 3.34. The number of rotatable bonds is 6. The molecular formula is C19H20FNO4. The van der Waals surface area contributed by atoms with E-state index in [2.05, 4.69) is 5.32 Å². The fraction of sp³-hybridized carbons (Fsp3) is 0.263. The van der Waals surface area contributed by atoms with Crippen molar-refractivity contribution in [2.24, 2.45) is 0 Å². The maximum absolute atomic E-state index is 12.8. The van der Waals surface area contributed by atoms with Gasteiger partial charge in [-0.2, -0.15) is 0 Å². The van der Waals surface area contributed by atoms with E-state index in [1.165, 1.54) is 31.2 Å². The Morgan fingerprint density at radius 1 is 1.08 bits per heavy atom. The first-order chi connectivity index (χ1) is 11.8. The normalized spacial score (nSPS) is 11.5. The molecule has 0 unspecified atom stereocenters. The van der Waals surface area contributed by atoms with E-state index in [0.29, 0.717) is 11.4 Å². The Morgan fingerprint density at radius 2 is 1.68 bits per heavy atom. The van der Waals surface area contributed by atoms with Gasteiger partial charge in [0.15, 0.2) is 12.7 Å². The Balaban J connectivity index is 1.82. The monoisotopic (exact) mass is 345 g/mol.